The number of unbranched alkanes of at least 4 members (excludes halogenated alkanes) is 1. The third kappa shape index (κ3) is 6.58. The van der Waals surface area contributed by atoms with Gasteiger partial charge in [0.1, 0.15) is 0 Å². The van der Waals surface area contributed by atoms with Gasteiger partial charge in [0, 0.05) is 25.7 Å². The van der Waals surface area contributed by atoms with Crippen LogP contribution in [0.5, 0.6) is 0 Å². The number of rotatable bonds is 7. The molecule has 1 aromatic carbocycles. The van der Waals surface area contributed by atoms with Crippen molar-refractivity contribution in [2.24, 2.45) is 10.9 Å². The van der Waals surface area contributed by atoms with Gasteiger partial charge in [0.05, 0.1) is 17.0 Å². The highest BCUT2D eigenvalue weighted by atomic mass is 127. The van der Waals surface area contributed by atoms with E-state index in [0.29, 0.717) is 62.4 Å². The molecule has 1 saturated carbocycles. The standard InChI is InChI=1S/C22H29F3N4O2.HI/c1-2-26-21(28-16-11-9-15(10-12-16)22(23,24)25)27-13-5-6-14-29-19(30)17-7-3-4-8-18(17)20(29)31;/h3-4,7-8,15-16H,2,5-6,9-14H2,1H3,(H2,26,27,28);1H. The molecule has 178 valence electrons. The Bertz CT molecular complexity index is 789. The lowest BCUT2D eigenvalue weighted by Gasteiger charge is -2.31. The molecule has 1 heterocycles. The maximum atomic E-state index is 12.8. The second-order valence-electron chi connectivity index (χ2n) is 8.01. The van der Waals surface area contributed by atoms with Crippen LogP contribution in [0.1, 0.15) is 66.2 Å². The van der Waals surface area contributed by atoms with Gasteiger partial charge in [0.25, 0.3) is 11.8 Å². The van der Waals surface area contributed by atoms with E-state index in [1.54, 1.807) is 24.3 Å². The zero-order chi connectivity index (χ0) is 22.4. The van der Waals surface area contributed by atoms with Crippen molar-refractivity contribution in [2.75, 3.05) is 19.6 Å². The van der Waals surface area contributed by atoms with E-state index in [-0.39, 0.29) is 54.7 Å². The first kappa shape index (κ1) is 26.4. The van der Waals surface area contributed by atoms with E-state index < -0.39 is 12.1 Å². The maximum absolute atomic E-state index is 12.8. The fourth-order valence-corrected chi connectivity index (χ4v) is 4.09. The Kier molecular flexibility index (Phi) is 9.78. The highest BCUT2D eigenvalue weighted by Gasteiger charge is 2.41. The number of alkyl halides is 3. The van der Waals surface area contributed by atoms with Crippen molar-refractivity contribution in [3.63, 3.8) is 0 Å². The summed E-state index contributed by atoms with van der Waals surface area (Å²) in [6.07, 6.45) is -1.58. The molecule has 3 rings (SSSR count). The Hall–Kier alpha value is -1.85. The average molecular weight is 566 g/mol. The number of carbonyl (C=O) groups excluding carboxylic acids is 2. The molecule has 2 N–H and O–H groups in total. The fraction of sp³-hybridized carbons (Fsp3) is 0.591. The number of benzene rings is 1. The second kappa shape index (κ2) is 11.9. The summed E-state index contributed by atoms with van der Waals surface area (Å²) in [5.74, 6) is -1.12. The number of fused-ring (bicyclic) bond motifs is 1. The molecule has 1 fully saturated rings. The average Bonchev–Trinajstić information content (AvgIpc) is 2.98. The van der Waals surface area contributed by atoms with Crippen LogP contribution in [0.3, 0.4) is 0 Å². The van der Waals surface area contributed by atoms with Crippen LogP contribution in [0.4, 0.5) is 13.2 Å². The van der Waals surface area contributed by atoms with Gasteiger partial charge in [0.2, 0.25) is 0 Å². The molecule has 0 saturated heterocycles. The Morgan fingerprint density at radius 1 is 1.06 bits per heavy atom. The van der Waals surface area contributed by atoms with E-state index >= 15 is 0 Å². The van der Waals surface area contributed by atoms with Crippen LogP contribution in [-0.2, 0) is 0 Å². The molecule has 0 spiro atoms. The van der Waals surface area contributed by atoms with E-state index in [1.807, 2.05) is 6.92 Å². The van der Waals surface area contributed by atoms with Gasteiger partial charge in [-0.1, -0.05) is 12.1 Å². The first-order valence-electron chi connectivity index (χ1n) is 10.9. The minimum atomic E-state index is -4.11. The van der Waals surface area contributed by atoms with Gasteiger partial charge < -0.3 is 10.6 Å². The number of imide groups is 1. The minimum absolute atomic E-state index is 0. The van der Waals surface area contributed by atoms with Crippen LogP contribution in [0.25, 0.3) is 0 Å². The summed E-state index contributed by atoms with van der Waals surface area (Å²) in [6.45, 7) is 3.42. The molecule has 0 radical (unpaired) electrons. The molecule has 1 aromatic rings. The monoisotopic (exact) mass is 566 g/mol. The molecule has 0 atom stereocenters. The van der Waals surface area contributed by atoms with E-state index in [1.165, 1.54) is 4.90 Å². The highest BCUT2D eigenvalue weighted by Crippen LogP contribution is 2.37. The van der Waals surface area contributed by atoms with Crippen LogP contribution in [-0.4, -0.2) is 54.5 Å². The number of guanidine groups is 1. The van der Waals surface area contributed by atoms with Crippen molar-refractivity contribution < 1.29 is 22.8 Å². The molecule has 0 unspecified atom stereocenters. The van der Waals surface area contributed by atoms with Gasteiger partial charge >= 0.3 is 6.18 Å². The highest BCUT2D eigenvalue weighted by molar-refractivity contribution is 14.0. The first-order chi connectivity index (χ1) is 14.8. The molecule has 1 aliphatic carbocycles. The third-order valence-corrected chi connectivity index (χ3v) is 5.81. The largest absolute Gasteiger partial charge is 0.391 e. The van der Waals surface area contributed by atoms with Crippen molar-refractivity contribution in [3.05, 3.63) is 35.4 Å². The fourth-order valence-electron chi connectivity index (χ4n) is 4.09. The number of nitrogens with zero attached hydrogens (tertiary/aromatic N) is 2. The quantitative estimate of drug-likeness (QED) is 0.169. The molecule has 2 amide bonds. The van der Waals surface area contributed by atoms with Gasteiger partial charge in [-0.15, -0.1) is 24.0 Å². The van der Waals surface area contributed by atoms with Crippen molar-refractivity contribution in [2.45, 2.75) is 57.7 Å². The number of hydrogen-bond donors (Lipinski definition) is 2. The Morgan fingerprint density at radius 2 is 1.66 bits per heavy atom. The molecular formula is C22H30F3IN4O2. The summed E-state index contributed by atoms with van der Waals surface area (Å²) >= 11 is 0. The van der Waals surface area contributed by atoms with Gasteiger partial charge in [-0.05, 0) is 57.6 Å². The van der Waals surface area contributed by atoms with Crippen LogP contribution in [0, 0.1) is 5.92 Å². The Labute approximate surface area is 203 Å². The van der Waals surface area contributed by atoms with Gasteiger partial charge in [-0.2, -0.15) is 13.2 Å². The molecule has 1 aliphatic heterocycles. The van der Waals surface area contributed by atoms with E-state index in [9.17, 15) is 22.8 Å². The number of hydrogen-bond acceptors (Lipinski definition) is 3. The second-order valence-corrected chi connectivity index (χ2v) is 8.01. The summed E-state index contributed by atoms with van der Waals surface area (Å²) in [6, 6.07) is 6.79. The SMILES string of the molecule is CCNC(=NCCCCN1C(=O)c2ccccc2C1=O)NC1CCC(C(F)(F)F)CC1.I. The van der Waals surface area contributed by atoms with Crippen molar-refractivity contribution in [1.82, 2.24) is 15.5 Å². The maximum Gasteiger partial charge on any atom is 0.391 e. The lowest BCUT2D eigenvalue weighted by Crippen LogP contribution is -2.45. The summed E-state index contributed by atoms with van der Waals surface area (Å²) in [5, 5.41) is 6.37. The molecule has 0 aromatic heterocycles. The molecule has 2 aliphatic rings. The Balaban J connectivity index is 0.00000363. The van der Waals surface area contributed by atoms with E-state index in [4.69, 9.17) is 0 Å². The number of nitrogens with one attached hydrogen (secondary N) is 2. The zero-order valence-electron chi connectivity index (χ0n) is 18.1. The smallest absolute Gasteiger partial charge is 0.357 e. The van der Waals surface area contributed by atoms with Crippen LogP contribution < -0.4 is 10.6 Å². The lowest BCUT2D eigenvalue weighted by molar-refractivity contribution is -0.182. The summed E-state index contributed by atoms with van der Waals surface area (Å²) < 4.78 is 38.5. The van der Waals surface area contributed by atoms with Gasteiger partial charge in [-0.25, -0.2) is 0 Å². The van der Waals surface area contributed by atoms with Crippen molar-refractivity contribution in [1.29, 1.82) is 0 Å². The number of halogens is 4. The lowest BCUT2D eigenvalue weighted by atomic mass is 9.85. The van der Waals surface area contributed by atoms with Crippen molar-refractivity contribution >= 4 is 41.8 Å². The molecule has 32 heavy (non-hydrogen) atoms. The van der Waals surface area contributed by atoms with Gasteiger partial charge in [0.15, 0.2) is 5.96 Å². The van der Waals surface area contributed by atoms with Crippen LogP contribution >= 0.6 is 24.0 Å². The van der Waals surface area contributed by atoms with Crippen LogP contribution in [0.2, 0.25) is 0 Å². The Morgan fingerprint density at radius 3 is 2.19 bits per heavy atom. The predicted octanol–water partition coefficient (Wildman–Crippen LogP) is 4.36. The normalized spacial score (nSPS) is 21.2. The first-order valence-corrected chi connectivity index (χ1v) is 10.9. The summed E-state index contributed by atoms with van der Waals surface area (Å²) in [7, 11) is 0. The topological polar surface area (TPSA) is 73.8 Å². The molecular weight excluding hydrogens is 536 g/mol. The molecule has 6 nitrogen and oxygen atoms in total. The molecule has 10 heteroatoms. The minimum Gasteiger partial charge on any atom is -0.357 e. The molecule has 0 bridgehead atoms. The number of amides is 2. The zero-order valence-corrected chi connectivity index (χ0v) is 20.4. The van der Waals surface area contributed by atoms with E-state index in [2.05, 4.69) is 15.6 Å². The van der Waals surface area contributed by atoms with E-state index in [0.717, 1.165) is 0 Å². The van der Waals surface area contributed by atoms with Gasteiger partial charge in [-0.3, -0.25) is 19.5 Å². The van der Waals surface area contributed by atoms with Crippen molar-refractivity contribution in [3.8, 4) is 0 Å². The number of aliphatic imine (C=N–C) groups is 1. The summed E-state index contributed by atoms with van der Waals surface area (Å²) in [4.78, 5) is 30.5. The predicted molar refractivity (Wildman–Crippen MR) is 127 cm³/mol. The third-order valence-electron chi connectivity index (χ3n) is 5.81. The van der Waals surface area contributed by atoms with Crippen LogP contribution in [0.15, 0.2) is 29.3 Å². The summed E-state index contributed by atoms with van der Waals surface area (Å²) in [5.41, 5.74) is 0.897. The number of carbonyl (C=O) groups is 2.